The number of hydrogen-bond acceptors (Lipinski definition) is 0. The lowest BCUT2D eigenvalue weighted by Crippen LogP contribution is -2.24. The van der Waals surface area contributed by atoms with E-state index in [0.29, 0.717) is 0 Å². The Kier molecular flexibility index (Phi) is 6.73. The zero-order valence-corrected chi connectivity index (χ0v) is 24.0. The van der Waals surface area contributed by atoms with Crippen LogP contribution in [0.4, 0.5) is 0 Å². The highest BCUT2D eigenvalue weighted by atomic mass is 14.3. The van der Waals surface area contributed by atoms with Crippen molar-refractivity contribution in [2.75, 3.05) is 0 Å². The Morgan fingerprint density at radius 3 is 1.85 bits per heavy atom. The third kappa shape index (κ3) is 4.05. The average molecular weight is 507 g/mol. The molecular formula is C39H38. The van der Waals surface area contributed by atoms with Crippen LogP contribution in [0, 0.1) is 13.8 Å². The van der Waals surface area contributed by atoms with Crippen LogP contribution in [0.3, 0.4) is 0 Å². The molecule has 2 aliphatic carbocycles. The first kappa shape index (κ1) is 25.4. The van der Waals surface area contributed by atoms with Crippen molar-refractivity contribution in [1.82, 2.24) is 0 Å². The monoisotopic (exact) mass is 506 g/mol. The minimum atomic E-state index is 0.994. The SMILES string of the molecule is CCc1c(C)c(C2=CC=CC2)c2c(c1CC)-c1c(CC)c(=C(c3ccccc3)c3ccccc3)c(C)cc1=C2. The molecule has 0 nitrogen and oxygen atoms in total. The van der Waals surface area contributed by atoms with Gasteiger partial charge in [-0.2, -0.15) is 0 Å². The molecule has 0 unspecified atom stereocenters. The molecule has 0 saturated carbocycles. The van der Waals surface area contributed by atoms with Crippen molar-refractivity contribution >= 4 is 17.2 Å². The molecule has 0 aromatic heterocycles. The van der Waals surface area contributed by atoms with Gasteiger partial charge in [-0.1, -0.05) is 106 Å². The summed E-state index contributed by atoms with van der Waals surface area (Å²) in [5, 5.41) is 2.79. The van der Waals surface area contributed by atoms with Gasteiger partial charge < -0.3 is 0 Å². The summed E-state index contributed by atoms with van der Waals surface area (Å²) >= 11 is 0. The molecule has 6 rings (SSSR count). The van der Waals surface area contributed by atoms with E-state index in [9.17, 15) is 0 Å². The molecule has 0 spiro atoms. The van der Waals surface area contributed by atoms with E-state index >= 15 is 0 Å². The van der Waals surface area contributed by atoms with Crippen LogP contribution in [-0.4, -0.2) is 0 Å². The molecule has 0 saturated heterocycles. The maximum absolute atomic E-state index is 2.51. The van der Waals surface area contributed by atoms with Crippen LogP contribution in [0.5, 0.6) is 0 Å². The fourth-order valence-corrected chi connectivity index (χ4v) is 7.21. The van der Waals surface area contributed by atoms with Gasteiger partial charge in [0.1, 0.15) is 0 Å². The number of allylic oxidation sites excluding steroid dienone is 4. The van der Waals surface area contributed by atoms with Crippen molar-refractivity contribution < 1.29 is 0 Å². The molecule has 0 heteroatoms. The third-order valence-electron chi connectivity index (χ3n) is 8.77. The van der Waals surface area contributed by atoms with Crippen molar-refractivity contribution in [3.05, 3.63) is 145 Å². The van der Waals surface area contributed by atoms with E-state index in [0.717, 1.165) is 25.7 Å². The van der Waals surface area contributed by atoms with Gasteiger partial charge in [-0.15, -0.1) is 0 Å². The highest BCUT2D eigenvalue weighted by Gasteiger charge is 2.28. The lowest BCUT2D eigenvalue weighted by atomic mass is 9.80. The van der Waals surface area contributed by atoms with Gasteiger partial charge in [0, 0.05) is 0 Å². The van der Waals surface area contributed by atoms with Crippen molar-refractivity contribution in [2.45, 2.75) is 60.3 Å². The first-order valence-corrected chi connectivity index (χ1v) is 14.6. The summed E-state index contributed by atoms with van der Waals surface area (Å²) in [5.41, 5.74) is 18.6. The molecule has 0 heterocycles. The highest BCUT2D eigenvalue weighted by Crippen LogP contribution is 2.43. The summed E-state index contributed by atoms with van der Waals surface area (Å²) in [6.07, 6.45) is 13.5. The predicted octanol–water partition coefficient (Wildman–Crippen LogP) is 8.39. The Labute approximate surface area is 233 Å². The Hall–Kier alpha value is -3.90. The Bertz CT molecular complexity index is 1720. The number of aryl methyl sites for hydroxylation is 1. The van der Waals surface area contributed by atoms with Crippen LogP contribution in [-0.2, 0) is 19.3 Å². The van der Waals surface area contributed by atoms with Gasteiger partial charge in [0.25, 0.3) is 0 Å². The van der Waals surface area contributed by atoms with Crippen LogP contribution in [0.1, 0.15) is 77.3 Å². The van der Waals surface area contributed by atoms with E-state index in [4.69, 9.17) is 0 Å². The molecule has 0 amide bonds. The molecule has 2 aliphatic rings. The summed E-state index contributed by atoms with van der Waals surface area (Å²) in [6, 6.07) is 24.4. The molecule has 4 aromatic carbocycles. The zero-order valence-electron chi connectivity index (χ0n) is 24.0. The van der Waals surface area contributed by atoms with Crippen molar-refractivity contribution in [3.63, 3.8) is 0 Å². The molecule has 0 N–H and O–H groups in total. The second-order valence-corrected chi connectivity index (χ2v) is 10.9. The summed E-state index contributed by atoms with van der Waals surface area (Å²) in [7, 11) is 0. The lowest BCUT2D eigenvalue weighted by molar-refractivity contribution is 1.01. The van der Waals surface area contributed by atoms with Crippen molar-refractivity contribution in [2.24, 2.45) is 0 Å². The molecule has 4 aromatic rings. The van der Waals surface area contributed by atoms with Gasteiger partial charge >= 0.3 is 0 Å². The normalized spacial score (nSPS) is 13.2. The topological polar surface area (TPSA) is 0 Å². The first-order valence-electron chi connectivity index (χ1n) is 14.6. The van der Waals surface area contributed by atoms with Gasteiger partial charge in [-0.3, -0.25) is 0 Å². The van der Waals surface area contributed by atoms with Crippen LogP contribution in [0.25, 0.3) is 28.3 Å². The predicted molar refractivity (Wildman–Crippen MR) is 169 cm³/mol. The van der Waals surface area contributed by atoms with Gasteiger partial charge in [0.15, 0.2) is 0 Å². The molecule has 0 fully saturated rings. The summed E-state index contributed by atoms with van der Waals surface area (Å²) in [5.74, 6) is 0. The van der Waals surface area contributed by atoms with Crippen LogP contribution in [0.2, 0.25) is 0 Å². The average Bonchev–Trinajstić information content (AvgIpc) is 3.62. The molecule has 0 atom stereocenters. The minimum Gasteiger partial charge on any atom is -0.0801 e. The van der Waals surface area contributed by atoms with Crippen LogP contribution >= 0.6 is 0 Å². The quantitative estimate of drug-likeness (QED) is 0.217. The van der Waals surface area contributed by atoms with Gasteiger partial charge in [0.05, 0.1) is 0 Å². The summed E-state index contributed by atoms with van der Waals surface area (Å²) in [4.78, 5) is 0. The molecule has 39 heavy (non-hydrogen) atoms. The lowest BCUT2D eigenvalue weighted by Gasteiger charge is -2.24. The smallest absolute Gasteiger partial charge is 0.00332 e. The molecular weight excluding hydrogens is 468 g/mol. The number of fused-ring (bicyclic) bond motifs is 3. The molecule has 0 radical (unpaired) electrons. The highest BCUT2D eigenvalue weighted by molar-refractivity contribution is 5.96. The third-order valence-corrected chi connectivity index (χ3v) is 8.77. The largest absolute Gasteiger partial charge is 0.0801 e. The van der Waals surface area contributed by atoms with E-state index in [2.05, 4.69) is 126 Å². The van der Waals surface area contributed by atoms with Gasteiger partial charge in [-0.25, -0.2) is 0 Å². The van der Waals surface area contributed by atoms with E-state index in [1.807, 2.05) is 0 Å². The Morgan fingerprint density at radius 2 is 1.31 bits per heavy atom. The number of benzene rings is 4. The standard InChI is InChI=1S/C39H38/c1-6-31-26(5)36(27-21-15-16-22-27)34-24-30-23-25(4)35(33(8-3)38(30)39(34)32(31)7-2)37(28-17-11-9-12-18-28)29-19-13-10-14-20-29/h9-21,23-24H,6-8,22H2,1-5H3. The van der Waals surface area contributed by atoms with E-state index < -0.39 is 0 Å². The minimum absolute atomic E-state index is 0.994. The van der Waals surface area contributed by atoms with E-state index in [-0.39, 0.29) is 0 Å². The molecule has 194 valence electrons. The van der Waals surface area contributed by atoms with Crippen molar-refractivity contribution in [1.29, 1.82) is 0 Å². The van der Waals surface area contributed by atoms with Gasteiger partial charge in [-0.05, 0) is 128 Å². The first-order chi connectivity index (χ1) is 19.1. The second-order valence-electron chi connectivity index (χ2n) is 10.9. The number of rotatable bonds is 6. The zero-order chi connectivity index (χ0) is 27.1. The maximum Gasteiger partial charge on any atom is -0.00332 e. The second kappa shape index (κ2) is 10.3. The Morgan fingerprint density at radius 1 is 0.692 bits per heavy atom. The molecule has 0 bridgehead atoms. The van der Waals surface area contributed by atoms with Gasteiger partial charge in [0.2, 0.25) is 0 Å². The Balaban J connectivity index is 1.80. The van der Waals surface area contributed by atoms with Crippen LogP contribution < -0.4 is 10.4 Å². The van der Waals surface area contributed by atoms with Crippen molar-refractivity contribution in [3.8, 4) is 11.1 Å². The molecule has 0 aliphatic heterocycles. The fourth-order valence-electron chi connectivity index (χ4n) is 7.21. The summed E-state index contributed by atoms with van der Waals surface area (Å²) < 4.78 is 0. The fraction of sp³-hybridized carbons (Fsp3) is 0.231. The maximum atomic E-state index is 2.51. The van der Waals surface area contributed by atoms with E-state index in [1.165, 1.54) is 71.7 Å². The van der Waals surface area contributed by atoms with E-state index in [1.54, 1.807) is 11.1 Å². The van der Waals surface area contributed by atoms with Crippen LogP contribution in [0.15, 0.2) is 85.0 Å². The number of hydrogen-bond donors (Lipinski definition) is 0. The summed E-state index contributed by atoms with van der Waals surface area (Å²) in [6.45, 7) is 11.7.